The first-order chi connectivity index (χ1) is 12.2. The van der Waals surface area contributed by atoms with E-state index in [4.69, 9.17) is 14.2 Å². The second kappa shape index (κ2) is 6.67. The molecule has 2 aromatic carbocycles. The van der Waals surface area contributed by atoms with Gasteiger partial charge in [0.05, 0.1) is 6.04 Å². The number of benzene rings is 2. The van der Waals surface area contributed by atoms with Gasteiger partial charge in [-0.15, -0.1) is 0 Å². The van der Waals surface area contributed by atoms with Crippen molar-refractivity contribution in [2.24, 2.45) is 0 Å². The predicted molar refractivity (Wildman–Crippen MR) is 93.1 cm³/mol. The fraction of sp³-hybridized carbons (Fsp3) is 0.350. The number of ether oxygens (including phenoxy) is 3. The Kier molecular flexibility index (Phi) is 4.22. The van der Waals surface area contributed by atoms with Crippen molar-refractivity contribution in [2.75, 3.05) is 13.4 Å². The second-order valence-corrected chi connectivity index (χ2v) is 6.47. The van der Waals surface area contributed by atoms with Gasteiger partial charge in [0.25, 0.3) is 5.91 Å². The highest BCUT2D eigenvalue weighted by atomic mass is 16.7. The number of fused-ring (bicyclic) bond motifs is 2. The molecule has 0 bridgehead atoms. The Labute approximate surface area is 146 Å². The summed E-state index contributed by atoms with van der Waals surface area (Å²) in [7, 11) is 0. The molecular formula is C20H21NO4. The Morgan fingerprint density at radius 3 is 2.88 bits per heavy atom. The Balaban J connectivity index is 1.32. The summed E-state index contributed by atoms with van der Waals surface area (Å²) < 4.78 is 16.3. The highest BCUT2D eigenvalue weighted by Gasteiger charge is 2.17. The van der Waals surface area contributed by atoms with Crippen LogP contribution in [0.2, 0.25) is 0 Å². The lowest BCUT2D eigenvalue weighted by molar-refractivity contribution is -0.123. The lowest BCUT2D eigenvalue weighted by Gasteiger charge is -2.15. The van der Waals surface area contributed by atoms with E-state index in [1.807, 2.05) is 31.2 Å². The molecular weight excluding hydrogens is 318 g/mol. The molecule has 4 rings (SSSR count). The third-order valence-corrected chi connectivity index (χ3v) is 4.71. The normalized spacial score (nSPS) is 15.6. The van der Waals surface area contributed by atoms with Crippen LogP contribution in [0.4, 0.5) is 0 Å². The summed E-state index contributed by atoms with van der Waals surface area (Å²) in [5.74, 6) is 2.06. The molecule has 2 aromatic rings. The SMILES string of the molecule is CC(NC(=O)COc1ccc2c(c1)CCC2)c1ccc2c(c1)OCO2. The van der Waals surface area contributed by atoms with E-state index in [1.54, 1.807) is 0 Å². The van der Waals surface area contributed by atoms with Crippen LogP contribution in [0.15, 0.2) is 36.4 Å². The van der Waals surface area contributed by atoms with E-state index < -0.39 is 0 Å². The average molecular weight is 339 g/mol. The van der Waals surface area contributed by atoms with Gasteiger partial charge in [0.1, 0.15) is 5.75 Å². The zero-order chi connectivity index (χ0) is 17.2. The van der Waals surface area contributed by atoms with Gasteiger partial charge in [0, 0.05) is 0 Å². The maximum absolute atomic E-state index is 12.2. The molecule has 1 unspecified atom stereocenters. The first-order valence-corrected chi connectivity index (χ1v) is 8.62. The summed E-state index contributed by atoms with van der Waals surface area (Å²) >= 11 is 0. The number of amides is 1. The number of rotatable bonds is 5. The molecule has 0 saturated carbocycles. The van der Waals surface area contributed by atoms with Crippen LogP contribution >= 0.6 is 0 Å². The zero-order valence-electron chi connectivity index (χ0n) is 14.2. The molecule has 1 aliphatic carbocycles. The van der Waals surface area contributed by atoms with Crippen LogP contribution in [0.3, 0.4) is 0 Å². The Hall–Kier alpha value is -2.69. The van der Waals surface area contributed by atoms with Gasteiger partial charge < -0.3 is 19.5 Å². The highest BCUT2D eigenvalue weighted by molar-refractivity contribution is 5.78. The smallest absolute Gasteiger partial charge is 0.258 e. The van der Waals surface area contributed by atoms with Gasteiger partial charge in [0.2, 0.25) is 6.79 Å². The van der Waals surface area contributed by atoms with E-state index in [0.29, 0.717) is 5.75 Å². The van der Waals surface area contributed by atoms with Crippen LogP contribution in [0, 0.1) is 0 Å². The lowest BCUT2D eigenvalue weighted by atomic mass is 10.1. The minimum Gasteiger partial charge on any atom is -0.484 e. The van der Waals surface area contributed by atoms with Gasteiger partial charge >= 0.3 is 0 Å². The summed E-state index contributed by atoms with van der Waals surface area (Å²) in [4.78, 5) is 12.2. The van der Waals surface area contributed by atoms with Crippen LogP contribution < -0.4 is 19.5 Å². The summed E-state index contributed by atoms with van der Waals surface area (Å²) in [6, 6.07) is 11.7. The molecule has 1 amide bonds. The Bertz CT molecular complexity index is 802. The second-order valence-electron chi connectivity index (χ2n) is 6.47. The minimum atomic E-state index is -0.148. The molecule has 1 atom stereocenters. The molecule has 0 fully saturated rings. The molecule has 5 nitrogen and oxygen atoms in total. The van der Waals surface area contributed by atoms with Crippen molar-refractivity contribution in [2.45, 2.75) is 32.2 Å². The van der Waals surface area contributed by atoms with E-state index in [1.165, 1.54) is 17.5 Å². The number of aryl methyl sites for hydroxylation is 2. The first-order valence-electron chi connectivity index (χ1n) is 8.62. The van der Waals surface area contributed by atoms with Gasteiger partial charge in [-0.1, -0.05) is 12.1 Å². The number of nitrogens with one attached hydrogen (secondary N) is 1. The molecule has 0 spiro atoms. The predicted octanol–water partition coefficient (Wildman–Crippen LogP) is 3.16. The van der Waals surface area contributed by atoms with E-state index in [9.17, 15) is 4.79 Å². The van der Waals surface area contributed by atoms with Crippen LogP contribution in [0.5, 0.6) is 17.2 Å². The number of hydrogen-bond donors (Lipinski definition) is 1. The van der Waals surface area contributed by atoms with Crippen molar-refractivity contribution in [3.05, 3.63) is 53.1 Å². The van der Waals surface area contributed by atoms with Crippen LogP contribution in [-0.4, -0.2) is 19.3 Å². The average Bonchev–Trinajstić information content (AvgIpc) is 3.27. The van der Waals surface area contributed by atoms with Crippen molar-refractivity contribution in [1.29, 1.82) is 0 Å². The first kappa shape index (κ1) is 15.8. The minimum absolute atomic E-state index is 0.00762. The van der Waals surface area contributed by atoms with Crippen molar-refractivity contribution in [3.63, 3.8) is 0 Å². The summed E-state index contributed by atoms with van der Waals surface area (Å²) in [5, 5.41) is 2.95. The van der Waals surface area contributed by atoms with Gasteiger partial charge in [-0.3, -0.25) is 4.79 Å². The maximum atomic E-state index is 12.2. The fourth-order valence-corrected chi connectivity index (χ4v) is 3.34. The topological polar surface area (TPSA) is 56.8 Å². The Morgan fingerprint density at radius 2 is 1.96 bits per heavy atom. The molecule has 5 heteroatoms. The summed E-state index contributed by atoms with van der Waals surface area (Å²) in [6.07, 6.45) is 3.44. The van der Waals surface area contributed by atoms with Crippen LogP contribution in [0.1, 0.15) is 36.1 Å². The van der Waals surface area contributed by atoms with E-state index >= 15 is 0 Å². The third-order valence-electron chi connectivity index (χ3n) is 4.71. The monoisotopic (exact) mass is 339 g/mol. The van der Waals surface area contributed by atoms with Crippen molar-refractivity contribution < 1.29 is 19.0 Å². The fourth-order valence-electron chi connectivity index (χ4n) is 3.34. The molecule has 0 saturated heterocycles. The maximum Gasteiger partial charge on any atom is 0.258 e. The van der Waals surface area contributed by atoms with E-state index in [0.717, 1.165) is 29.9 Å². The van der Waals surface area contributed by atoms with E-state index in [-0.39, 0.29) is 25.3 Å². The highest BCUT2D eigenvalue weighted by Crippen LogP contribution is 2.34. The zero-order valence-corrected chi connectivity index (χ0v) is 14.2. The molecule has 1 N–H and O–H groups in total. The molecule has 0 aromatic heterocycles. The number of carbonyl (C=O) groups excluding carboxylic acids is 1. The molecule has 1 heterocycles. The number of carbonyl (C=O) groups is 1. The van der Waals surface area contributed by atoms with Crippen LogP contribution in [-0.2, 0) is 17.6 Å². The quantitative estimate of drug-likeness (QED) is 0.909. The van der Waals surface area contributed by atoms with Crippen LogP contribution in [0.25, 0.3) is 0 Å². The molecule has 25 heavy (non-hydrogen) atoms. The van der Waals surface area contributed by atoms with Gasteiger partial charge in [0.15, 0.2) is 18.1 Å². The van der Waals surface area contributed by atoms with E-state index in [2.05, 4.69) is 17.4 Å². The number of hydrogen-bond acceptors (Lipinski definition) is 4. The molecule has 1 aliphatic heterocycles. The third kappa shape index (κ3) is 3.40. The van der Waals surface area contributed by atoms with Gasteiger partial charge in [-0.25, -0.2) is 0 Å². The Morgan fingerprint density at radius 1 is 1.12 bits per heavy atom. The standard InChI is InChI=1S/C20H21NO4/c1-13(15-6-8-18-19(10-15)25-12-24-18)21-20(22)11-23-17-7-5-14-3-2-4-16(14)9-17/h5-10,13H,2-4,11-12H2,1H3,(H,21,22). The van der Waals surface area contributed by atoms with Gasteiger partial charge in [-0.05, 0) is 67.1 Å². The largest absolute Gasteiger partial charge is 0.484 e. The lowest BCUT2D eigenvalue weighted by Crippen LogP contribution is -2.31. The summed E-state index contributed by atoms with van der Waals surface area (Å²) in [6.45, 7) is 2.19. The summed E-state index contributed by atoms with van der Waals surface area (Å²) in [5.41, 5.74) is 3.70. The van der Waals surface area contributed by atoms with Crippen molar-refractivity contribution in [1.82, 2.24) is 5.32 Å². The van der Waals surface area contributed by atoms with Crippen molar-refractivity contribution in [3.8, 4) is 17.2 Å². The molecule has 130 valence electrons. The molecule has 0 radical (unpaired) electrons. The molecule has 2 aliphatic rings. The van der Waals surface area contributed by atoms with Gasteiger partial charge in [-0.2, -0.15) is 0 Å². The van der Waals surface area contributed by atoms with Crippen molar-refractivity contribution >= 4 is 5.91 Å².